The number of hydrogen-bond acceptors (Lipinski definition) is 6. The van der Waals surface area contributed by atoms with Gasteiger partial charge in [-0.15, -0.1) is 10.2 Å². The minimum atomic E-state index is -0.957. The summed E-state index contributed by atoms with van der Waals surface area (Å²) in [5.41, 5.74) is 5.46. The number of ketones is 1. The number of aromatic nitrogens is 2. The fourth-order valence-corrected chi connectivity index (χ4v) is 5.31. The lowest BCUT2D eigenvalue weighted by molar-refractivity contribution is 0.103. The van der Waals surface area contributed by atoms with Crippen molar-refractivity contribution in [2.75, 3.05) is 16.8 Å². The molecule has 5 aromatic rings. The van der Waals surface area contributed by atoms with Crippen LogP contribution >= 0.6 is 0 Å². The topological polar surface area (TPSA) is 109 Å². The van der Waals surface area contributed by atoms with E-state index in [0.717, 1.165) is 29.5 Å². The second kappa shape index (κ2) is 15.2. The average Bonchev–Trinajstić information content (AvgIpc) is 3.54. The van der Waals surface area contributed by atoms with Gasteiger partial charge in [0.2, 0.25) is 11.8 Å². The van der Waals surface area contributed by atoms with Crippen LogP contribution in [0, 0.1) is 5.92 Å². The molecule has 0 aliphatic rings. The number of benzene rings is 4. The Kier molecular flexibility index (Phi) is 10.6. The molecular formula is C38H40N4O4. The van der Waals surface area contributed by atoms with Gasteiger partial charge in [-0.2, -0.15) is 0 Å². The van der Waals surface area contributed by atoms with Crippen LogP contribution in [0.15, 0.2) is 108 Å². The van der Waals surface area contributed by atoms with Crippen molar-refractivity contribution in [3.63, 3.8) is 0 Å². The highest BCUT2D eigenvalue weighted by Gasteiger charge is 2.23. The number of rotatable bonds is 14. The van der Waals surface area contributed by atoms with Crippen LogP contribution in [0.1, 0.15) is 72.9 Å². The first-order valence-corrected chi connectivity index (χ1v) is 15.8. The van der Waals surface area contributed by atoms with Gasteiger partial charge in [0.05, 0.1) is 0 Å². The molecule has 0 unspecified atom stereocenters. The maximum atomic E-state index is 13.4. The first-order chi connectivity index (χ1) is 22.3. The second-order valence-corrected chi connectivity index (χ2v) is 11.8. The fourth-order valence-electron chi connectivity index (χ4n) is 5.31. The van der Waals surface area contributed by atoms with Gasteiger partial charge in [0, 0.05) is 41.9 Å². The number of aryl methyl sites for hydroxylation is 1. The van der Waals surface area contributed by atoms with E-state index in [2.05, 4.69) is 48.4 Å². The van der Waals surface area contributed by atoms with Crippen LogP contribution in [-0.4, -0.2) is 33.7 Å². The number of amides is 1. The Morgan fingerprint density at radius 3 is 2.33 bits per heavy atom. The summed E-state index contributed by atoms with van der Waals surface area (Å²) >= 11 is 0. The zero-order chi connectivity index (χ0) is 32.5. The highest BCUT2D eigenvalue weighted by molar-refractivity contribution is 6.12. The third-order valence-corrected chi connectivity index (χ3v) is 7.83. The molecule has 8 nitrogen and oxygen atoms in total. The van der Waals surface area contributed by atoms with E-state index in [9.17, 15) is 14.7 Å². The van der Waals surface area contributed by atoms with Crippen LogP contribution in [0.4, 0.5) is 16.2 Å². The van der Waals surface area contributed by atoms with Gasteiger partial charge in [-0.25, -0.2) is 4.79 Å². The van der Waals surface area contributed by atoms with Crippen LogP contribution in [-0.2, 0) is 12.8 Å². The van der Waals surface area contributed by atoms with Gasteiger partial charge in [-0.3, -0.25) is 9.69 Å². The Bertz CT molecular complexity index is 1750. The van der Waals surface area contributed by atoms with Gasteiger partial charge in [0.25, 0.3) is 0 Å². The highest BCUT2D eigenvalue weighted by Crippen LogP contribution is 2.30. The van der Waals surface area contributed by atoms with Crippen molar-refractivity contribution in [3.05, 3.63) is 132 Å². The number of anilines is 2. The van der Waals surface area contributed by atoms with E-state index in [0.29, 0.717) is 59.6 Å². The molecule has 0 spiro atoms. The minimum Gasteiger partial charge on any atom is -0.465 e. The normalized spacial score (nSPS) is 11.7. The number of carboxylic acid groups (broad SMARTS) is 1. The van der Waals surface area contributed by atoms with E-state index in [1.165, 1.54) is 4.90 Å². The largest absolute Gasteiger partial charge is 0.465 e. The molecule has 0 saturated carbocycles. The summed E-state index contributed by atoms with van der Waals surface area (Å²) in [7, 11) is 0. The molecule has 1 aromatic heterocycles. The summed E-state index contributed by atoms with van der Waals surface area (Å²) in [6, 6.07) is 32.1. The molecule has 0 aliphatic carbocycles. The maximum Gasteiger partial charge on any atom is 0.411 e. The summed E-state index contributed by atoms with van der Waals surface area (Å²) < 4.78 is 6.08. The predicted octanol–water partition coefficient (Wildman–Crippen LogP) is 8.85. The highest BCUT2D eigenvalue weighted by atomic mass is 16.4. The summed E-state index contributed by atoms with van der Waals surface area (Å²) in [5.74, 6) is 1.37. The number of nitrogens with one attached hydrogen (secondary N) is 1. The van der Waals surface area contributed by atoms with E-state index < -0.39 is 6.09 Å². The molecule has 0 aliphatic heterocycles. The molecule has 1 amide bonds. The molecule has 5 rings (SSSR count). The lowest BCUT2D eigenvalue weighted by atomic mass is 9.98. The summed E-state index contributed by atoms with van der Waals surface area (Å²) in [6.07, 6.45) is 1.93. The zero-order valence-corrected chi connectivity index (χ0v) is 26.5. The van der Waals surface area contributed by atoms with Crippen molar-refractivity contribution < 1.29 is 19.1 Å². The Morgan fingerprint density at radius 1 is 0.870 bits per heavy atom. The smallest absolute Gasteiger partial charge is 0.411 e. The number of para-hydroxylation sites is 1. The third-order valence-electron chi connectivity index (χ3n) is 7.83. The molecule has 0 saturated heterocycles. The van der Waals surface area contributed by atoms with Crippen LogP contribution in [0.3, 0.4) is 0 Å². The number of hydrogen-bond donors (Lipinski definition) is 2. The Morgan fingerprint density at radius 2 is 1.61 bits per heavy atom. The zero-order valence-electron chi connectivity index (χ0n) is 26.5. The third kappa shape index (κ3) is 8.07. The quantitative estimate of drug-likeness (QED) is 0.120. The van der Waals surface area contributed by atoms with E-state index in [1.54, 1.807) is 0 Å². The molecule has 0 radical (unpaired) electrons. The van der Waals surface area contributed by atoms with Crippen molar-refractivity contribution in [2.24, 2.45) is 5.92 Å². The fraction of sp³-hybridized carbons (Fsp3) is 0.263. The first-order valence-electron chi connectivity index (χ1n) is 15.8. The van der Waals surface area contributed by atoms with Crippen LogP contribution < -0.4 is 10.2 Å². The summed E-state index contributed by atoms with van der Waals surface area (Å²) in [6.45, 7) is 6.68. The molecule has 2 N–H and O–H groups in total. The van der Waals surface area contributed by atoms with Crippen molar-refractivity contribution in [1.29, 1.82) is 0 Å². The van der Waals surface area contributed by atoms with Gasteiger partial charge >= 0.3 is 6.09 Å². The standard InChI is InChI=1S/C38H40N4O4/c1-4-11-35-40-41-37(46-35)34(39-33-17-9-8-16-32(33)36(43)29-12-6-5-7-13-29)24-27-18-20-28(21-19-27)30-14-10-15-31(25-30)42(38(44)45)23-22-26(2)3/h5-10,12-21,25-26,34,39H,4,11,22-24H2,1-3H3,(H,44,45)/t34-/m0/s1. The van der Waals surface area contributed by atoms with Crippen molar-refractivity contribution in [1.82, 2.24) is 10.2 Å². The molecule has 1 heterocycles. The van der Waals surface area contributed by atoms with Gasteiger partial charge in [0.1, 0.15) is 6.04 Å². The molecule has 0 fully saturated rings. The van der Waals surface area contributed by atoms with Crippen molar-refractivity contribution >= 4 is 23.3 Å². The number of nitrogens with zero attached hydrogens (tertiary/aromatic N) is 3. The number of carbonyl (C=O) groups is 2. The van der Waals surface area contributed by atoms with Crippen LogP contribution in [0.5, 0.6) is 0 Å². The van der Waals surface area contributed by atoms with Gasteiger partial charge in [-0.1, -0.05) is 99.6 Å². The van der Waals surface area contributed by atoms with Gasteiger partial charge < -0.3 is 14.8 Å². The maximum absolute atomic E-state index is 13.4. The minimum absolute atomic E-state index is 0.0723. The Balaban J connectivity index is 1.40. The van der Waals surface area contributed by atoms with Crippen LogP contribution in [0.2, 0.25) is 0 Å². The van der Waals surface area contributed by atoms with Gasteiger partial charge in [-0.05, 0) is 59.7 Å². The van der Waals surface area contributed by atoms with E-state index in [4.69, 9.17) is 4.42 Å². The molecule has 8 heteroatoms. The van der Waals surface area contributed by atoms with Gasteiger partial charge in [0.15, 0.2) is 5.78 Å². The molecule has 1 atom stereocenters. The molecule has 236 valence electrons. The summed E-state index contributed by atoms with van der Waals surface area (Å²) in [4.78, 5) is 26.9. The molecular weight excluding hydrogens is 576 g/mol. The number of carbonyl (C=O) groups excluding carboxylic acids is 1. The average molecular weight is 617 g/mol. The second-order valence-electron chi connectivity index (χ2n) is 11.8. The Hall–Kier alpha value is -5.24. The van der Waals surface area contributed by atoms with Crippen LogP contribution in [0.25, 0.3) is 11.1 Å². The van der Waals surface area contributed by atoms with E-state index >= 15 is 0 Å². The lowest BCUT2D eigenvalue weighted by Gasteiger charge is -2.21. The summed E-state index contributed by atoms with van der Waals surface area (Å²) in [5, 5.41) is 22.0. The SMILES string of the molecule is CCCc1nnc([C@H](Cc2ccc(-c3cccc(N(CCC(C)C)C(=O)O)c3)cc2)Nc2ccccc2C(=O)c2ccccc2)o1. The Labute approximate surface area is 270 Å². The predicted molar refractivity (Wildman–Crippen MR) is 181 cm³/mol. The van der Waals surface area contributed by atoms with E-state index in [-0.39, 0.29) is 11.8 Å². The molecule has 46 heavy (non-hydrogen) atoms. The molecule has 4 aromatic carbocycles. The molecule has 0 bridgehead atoms. The monoisotopic (exact) mass is 616 g/mol. The van der Waals surface area contributed by atoms with Crippen molar-refractivity contribution in [3.8, 4) is 11.1 Å². The first kappa shape index (κ1) is 32.2. The van der Waals surface area contributed by atoms with E-state index in [1.807, 2.05) is 91.0 Å². The lowest BCUT2D eigenvalue weighted by Crippen LogP contribution is -2.30. The van der Waals surface area contributed by atoms with Crippen molar-refractivity contribution in [2.45, 2.75) is 52.5 Å².